The second-order valence-corrected chi connectivity index (χ2v) is 5.86. The van der Waals surface area contributed by atoms with E-state index in [4.69, 9.17) is 9.52 Å². The smallest absolute Gasteiger partial charge is 0.335 e. The van der Waals surface area contributed by atoms with Crippen molar-refractivity contribution in [1.29, 1.82) is 5.26 Å². The molecule has 0 saturated carbocycles. The second-order valence-electron chi connectivity index (χ2n) is 5.86. The van der Waals surface area contributed by atoms with Crippen LogP contribution in [-0.2, 0) is 0 Å². The summed E-state index contributed by atoms with van der Waals surface area (Å²) in [6.45, 7) is 0. The van der Waals surface area contributed by atoms with Crippen molar-refractivity contribution in [3.8, 4) is 17.4 Å². The van der Waals surface area contributed by atoms with Gasteiger partial charge in [-0.1, -0.05) is 24.3 Å². The number of carboxylic acids is 1. The Bertz CT molecular complexity index is 1170. The number of hydrogen-bond donors (Lipinski definition) is 2. The first-order chi connectivity index (χ1) is 13.1. The minimum atomic E-state index is -0.978. The number of H-pyrrole nitrogens is 1. The molecule has 0 aliphatic carbocycles. The Morgan fingerprint density at radius 1 is 1.11 bits per heavy atom. The highest BCUT2D eigenvalue weighted by Gasteiger charge is 2.10. The third-order valence-corrected chi connectivity index (χ3v) is 4.09. The summed E-state index contributed by atoms with van der Waals surface area (Å²) in [4.78, 5) is 18.5. The van der Waals surface area contributed by atoms with E-state index < -0.39 is 5.97 Å². The van der Waals surface area contributed by atoms with E-state index >= 15 is 0 Å². The number of rotatable bonds is 4. The van der Waals surface area contributed by atoms with E-state index in [1.54, 1.807) is 30.3 Å². The predicted octanol–water partition coefficient (Wildman–Crippen LogP) is 4.59. The largest absolute Gasteiger partial charge is 0.478 e. The molecule has 130 valence electrons. The molecule has 0 atom stereocenters. The molecule has 2 aromatic heterocycles. The van der Waals surface area contributed by atoms with Gasteiger partial charge in [0.05, 0.1) is 22.2 Å². The lowest BCUT2D eigenvalue weighted by molar-refractivity contribution is 0.0697. The fraction of sp³-hybridized carbons (Fsp3) is 0. The summed E-state index contributed by atoms with van der Waals surface area (Å²) in [5.41, 5.74) is 2.96. The van der Waals surface area contributed by atoms with Crippen LogP contribution in [0.15, 0.2) is 65.1 Å². The number of nitrogens with zero attached hydrogens (tertiary/aromatic N) is 2. The molecular formula is C21H13N3O3. The number of para-hydroxylation sites is 2. The van der Waals surface area contributed by atoms with Crippen molar-refractivity contribution in [3.63, 3.8) is 0 Å². The first-order valence-corrected chi connectivity index (χ1v) is 8.14. The number of imidazole rings is 1. The van der Waals surface area contributed by atoms with Crippen LogP contribution in [0.5, 0.6) is 0 Å². The number of furan rings is 1. The average Bonchev–Trinajstić information content (AvgIpc) is 3.33. The standard InChI is InChI=1S/C21H13N3O3/c22-12-15(20-23-17-3-1-2-4-18(17)24-20)11-16-9-10-19(27-16)13-5-7-14(8-6-13)21(25)26/h1-11H,(H,23,24)(H,25,26)/b15-11+. The Morgan fingerprint density at radius 3 is 2.59 bits per heavy atom. The third-order valence-electron chi connectivity index (χ3n) is 4.09. The van der Waals surface area contributed by atoms with Crippen LogP contribution in [0.1, 0.15) is 21.9 Å². The van der Waals surface area contributed by atoms with Crippen LogP contribution < -0.4 is 0 Å². The van der Waals surface area contributed by atoms with Gasteiger partial charge in [0.2, 0.25) is 0 Å². The zero-order chi connectivity index (χ0) is 18.8. The highest BCUT2D eigenvalue weighted by molar-refractivity contribution is 5.90. The van der Waals surface area contributed by atoms with Crippen LogP contribution in [0.2, 0.25) is 0 Å². The first-order valence-electron chi connectivity index (χ1n) is 8.14. The lowest BCUT2D eigenvalue weighted by Gasteiger charge is -1.98. The topological polar surface area (TPSA) is 103 Å². The van der Waals surface area contributed by atoms with Gasteiger partial charge in [-0.3, -0.25) is 0 Å². The number of nitrogens with one attached hydrogen (secondary N) is 1. The second kappa shape index (κ2) is 6.65. The molecule has 0 bridgehead atoms. The molecule has 0 fully saturated rings. The molecule has 2 aromatic carbocycles. The summed E-state index contributed by atoms with van der Waals surface area (Å²) in [5.74, 6) is 0.584. The first kappa shape index (κ1) is 16.4. The Kier molecular flexibility index (Phi) is 4.03. The third kappa shape index (κ3) is 3.22. The van der Waals surface area contributed by atoms with Crippen molar-refractivity contribution >= 4 is 28.7 Å². The molecule has 4 rings (SSSR count). The monoisotopic (exact) mass is 355 g/mol. The van der Waals surface area contributed by atoms with Crippen molar-refractivity contribution in [3.05, 3.63) is 77.8 Å². The van der Waals surface area contributed by atoms with Gasteiger partial charge in [-0.2, -0.15) is 5.26 Å². The fourth-order valence-corrected chi connectivity index (χ4v) is 2.74. The molecule has 0 radical (unpaired) electrons. The fourth-order valence-electron chi connectivity index (χ4n) is 2.74. The van der Waals surface area contributed by atoms with E-state index in [9.17, 15) is 10.1 Å². The van der Waals surface area contributed by atoms with E-state index in [1.165, 1.54) is 12.1 Å². The van der Waals surface area contributed by atoms with Gasteiger partial charge in [-0.15, -0.1) is 0 Å². The number of aromatic amines is 1. The van der Waals surface area contributed by atoms with Gasteiger partial charge in [0.1, 0.15) is 23.4 Å². The summed E-state index contributed by atoms with van der Waals surface area (Å²) in [7, 11) is 0. The zero-order valence-corrected chi connectivity index (χ0v) is 14.0. The molecule has 2 N–H and O–H groups in total. The Labute approximate surface area is 154 Å². The van der Waals surface area contributed by atoms with Gasteiger partial charge in [0.15, 0.2) is 0 Å². The molecule has 0 amide bonds. The van der Waals surface area contributed by atoms with E-state index in [2.05, 4.69) is 16.0 Å². The van der Waals surface area contributed by atoms with Crippen LogP contribution in [0.4, 0.5) is 0 Å². The number of aromatic carboxylic acids is 1. The van der Waals surface area contributed by atoms with Gasteiger partial charge in [0, 0.05) is 11.6 Å². The van der Waals surface area contributed by atoms with Crippen molar-refractivity contribution in [2.75, 3.05) is 0 Å². The van der Waals surface area contributed by atoms with Crippen molar-refractivity contribution in [2.24, 2.45) is 0 Å². The molecule has 2 heterocycles. The van der Waals surface area contributed by atoms with Gasteiger partial charge in [-0.25, -0.2) is 9.78 Å². The number of benzene rings is 2. The van der Waals surface area contributed by atoms with Gasteiger partial charge < -0.3 is 14.5 Å². The highest BCUT2D eigenvalue weighted by Crippen LogP contribution is 2.25. The Hall–Kier alpha value is -4.11. The van der Waals surface area contributed by atoms with E-state index in [1.807, 2.05) is 24.3 Å². The predicted molar refractivity (Wildman–Crippen MR) is 101 cm³/mol. The maximum absolute atomic E-state index is 10.9. The number of allylic oxidation sites excluding steroid dienone is 1. The van der Waals surface area contributed by atoms with Crippen molar-refractivity contribution < 1.29 is 14.3 Å². The lowest BCUT2D eigenvalue weighted by atomic mass is 10.1. The molecule has 4 aromatic rings. The van der Waals surface area contributed by atoms with Crippen LogP contribution in [0, 0.1) is 11.3 Å². The molecule has 6 nitrogen and oxygen atoms in total. The molecular weight excluding hydrogens is 342 g/mol. The van der Waals surface area contributed by atoms with Crippen LogP contribution >= 0.6 is 0 Å². The van der Waals surface area contributed by atoms with E-state index in [-0.39, 0.29) is 5.56 Å². The number of carboxylic acid groups (broad SMARTS) is 1. The van der Waals surface area contributed by atoms with Crippen molar-refractivity contribution in [2.45, 2.75) is 0 Å². The maximum Gasteiger partial charge on any atom is 0.335 e. The summed E-state index contributed by atoms with van der Waals surface area (Å²) in [6.07, 6.45) is 1.62. The maximum atomic E-state index is 10.9. The minimum Gasteiger partial charge on any atom is -0.478 e. The lowest BCUT2D eigenvalue weighted by Crippen LogP contribution is -1.94. The molecule has 0 spiro atoms. The van der Waals surface area contributed by atoms with Crippen LogP contribution in [-0.4, -0.2) is 21.0 Å². The molecule has 0 aliphatic heterocycles. The average molecular weight is 355 g/mol. The highest BCUT2D eigenvalue weighted by atomic mass is 16.4. The Balaban J connectivity index is 1.65. The number of aromatic nitrogens is 2. The quantitative estimate of drug-likeness (QED) is 0.521. The van der Waals surface area contributed by atoms with E-state index in [0.717, 1.165) is 16.6 Å². The SMILES string of the molecule is N#C/C(=C\c1ccc(-c2ccc(C(=O)O)cc2)o1)c1nc2ccccc2[nH]1. The summed E-state index contributed by atoms with van der Waals surface area (Å²) in [6, 6.07) is 19.6. The van der Waals surface area contributed by atoms with E-state index in [0.29, 0.717) is 22.9 Å². The molecule has 0 unspecified atom stereocenters. The summed E-state index contributed by atoms with van der Waals surface area (Å²) >= 11 is 0. The minimum absolute atomic E-state index is 0.210. The Morgan fingerprint density at radius 2 is 1.89 bits per heavy atom. The normalized spacial score (nSPS) is 11.4. The molecule has 27 heavy (non-hydrogen) atoms. The molecule has 0 aliphatic rings. The molecule has 6 heteroatoms. The zero-order valence-electron chi connectivity index (χ0n) is 14.0. The number of carbonyl (C=O) groups is 1. The van der Waals surface area contributed by atoms with Gasteiger partial charge in [-0.05, 0) is 36.4 Å². The summed E-state index contributed by atoms with van der Waals surface area (Å²) in [5, 5.41) is 18.5. The van der Waals surface area contributed by atoms with Crippen LogP contribution in [0.25, 0.3) is 34.0 Å². The van der Waals surface area contributed by atoms with Gasteiger partial charge >= 0.3 is 5.97 Å². The summed E-state index contributed by atoms with van der Waals surface area (Å²) < 4.78 is 5.78. The number of nitriles is 1. The molecule has 0 saturated heterocycles. The number of fused-ring (bicyclic) bond motifs is 1. The van der Waals surface area contributed by atoms with Crippen molar-refractivity contribution in [1.82, 2.24) is 9.97 Å². The van der Waals surface area contributed by atoms with Gasteiger partial charge in [0.25, 0.3) is 0 Å². The van der Waals surface area contributed by atoms with Crippen LogP contribution in [0.3, 0.4) is 0 Å². The number of hydrogen-bond acceptors (Lipinski definition) is 4.